The lowest BCUT2D eigenvalue weighted by molar-refractivity contribution is -0.153. The number of H-pyrrole nitrogens is 2. The molecule has 1 amide bonds. The highest BCUT2D eigenvalue weighted by atomic mass is 35.5. The van der Waals surface area contributed by atoms with E-state index in [1.165, 1.54) is 54.6 Å². The summed E-state index contributed by atoms with van der Waals surface area (Å²) in [5.74, 6) is -10.4. The van der Waals surface area contributed by atoms with E-state index < -0.39 is 95.7 Å². The number of nitrogens with two attached hydrogens (primary N) is 1. The van der Waals surface area contributed by atoms with Crippen LogP contribution in [0.1, 0.15) is 76.2 Å². The number of Topliss-reactive ketones (excluding diaryl/α,β-unsaturated/α-hetero) is 2. The molecule has 1 unspecified atom stereocenters. The minimum Gasteiger partial charge on any atom is -0.460 e. The Labute approximate surface area is 486 Å². The quantitative estimate of drug-likeness (QED) is 0.0216. The van der Waals surface area contributed by atoms with Crippen molar-refractivity contribution < 1.29 is 86.5 Å². The Balaban J connectivity index is 0.000000213. The molecule has 10 rings (SSSR count). The standard InChI is InChI=1S/C29H22F3N3O4.C14H8F4O2.C13H11NO6.C3H7F2N.ClH/c1-15-10-16(12-19(11-15)38-18-8-6-17(30)7-9-18)25-23-21(27(36)35(25)14-29(2,31)32)13-33-24(23)20-4-3-5-22-26(20)39-28(37)34-22;15-11-1-3-12(4-2-11)20-13-6-9(8-19)5-10(7-13)14(16,17)18;1-2-19-12(17)10(16)6-9(15)7-4-3-5-8-11(7)20-13(18)14-8;1-3(4,5)2-6;/h3-12,25H,13-14H2,1-2H3,(H,34,37);1-8H;3-5H,2,6H2,1H3,(H,14,18);2,6H2,1H3;1H. The first-order chi connectivity index (χ1) is 40.0. The highest BCUT2D eigenvalue weighted by molar-refractivity contribution is 6.38. The number of hydrogen-bond donors (Lipinski definition) is 3. The molecule has 8 aromatic rings. The van der Waals surface area contributed by atoms with Gasteiger partial charge in [-0.25, -0.2) is 40.7 Å². The molecule has 452 valence electrons. The predicted molar refractivity (Wildman–Crippen MR) is 296 cm³/mol. The first kappa shape index (κ1) is 65.6. The third-order valence-electron chi connectivity index (χ3n) is 12.0. The van der Waals surface area contributed by atoms with Crippen molar-refractivity contribution in [2.24, 2.45) is 10.7 Å². The number of carbonyl (C=O) groups excluding carboxylic acids is 5. The van der Waals surface area contributed by atoms with Crippen LogP contribution in [0.2, 0.25) is 0 Å². The lowest BCUT2D eigenvalue weighted by Crippen LogP contribution is -2.40. The number of esters is 1. The maximum atomic E-state index is 14.4. The average molecular weight is 1230 g/mol. The Morgan fingerprint density at radius 1 is 0.733 bits per heavy atom. The van der Waals surface area contributed by atoms with Crippen molar-refractivity contribution in [2.75, 3.05) is 26.2 Å². The number of aromatic amines is 2. The Bertz CT molecular complexity index is 3990. The third-order valence-corrected chi connectivity index (χ3v) is 12.0. The number of aliphatic imine (C=N–C) groups is 1. The van der Waals surface area contributed by atoms with Crippen molar-refractivity contribution in [2.45, 2.75) is 58.2 Å². The topological polar surface area (TPSA) is 247 Å². The zero-order chi connectivity index (χ0) is 62.1. The Morgan fingerprint density at radius 3 is 1.81 bits per heavy atom. The number of rotatable bonds is 15. The summed E-state index contributed by atoms with van der Waals surface area (Å²) in [4.78, 5) is 92.6. The summed E-state index contributed by atoms with van der Waals surface area (Å²) in [6.45, 7) is 3.64. The molecule has 4 heterocycles. The van der Waals surface area contributed by atoms with Crippen molar-refractivity contribution in [3.05, 3.63) is 199 Å². The molecular weight excluding hydrogens is 1180 g/mol. The van der Waals surface area contributed by atoms with Gasteiger partial charge in [0.2, 0.25) is 5.78 Å². The van der Waals surface area contributed by atoms with Crippen LogP contribution in [0.4, 0.5) is 39.5 Å². The molecule has 0 bridgehead atoms. The summed E-state index contributed by atoms with van der Waals surface area (Å²) in [5.41, 5.74) is 7.63. The number of hydrogen-bond acceptors (Lipinski definition) is 14. The maximum Gasteiger partial charge on any atom is 0.417 e. The smallest absolute Gasteiger partial charge is 0.417 e. The number of carbonyl (C=O) groups is 5. The molecule has 2 aliphatic rings. The Morgan fingerprint density at radius 2 is 1.28 bits per heavy atom. The van der Waals surface area contributed by atoms with Gasteiger partial charge in [0, 0.05) is 36.1 Å². The van der Waals surface area contributed by atoms with E-state index in [4.69, 9.17) is 18.3 Å². The summed E-state index contributed by atoms with van der Waals surface area (Å²) in [7, 11) is 0. The van der Waals surface area contributed by atoms with Gasteiger partial charge in [-0.05, 0) is 128 Å². The zero-order valence-corrected chi connectivity index (χ0v) is 46.2. The number of benzene rings is 6. The van der Waals surface area contributed by atoms with Crippen molar-refractivity contribution in [3.63, 3.8) is 0 Å². The molecule has 86 heavy (non-hydrogen) atoms. The van der Waals surface area contributed by atoms with Crippen LogP contribution in [0.15, 0.2) is 156 Å². The van der Waals surface area contributed by atoms with Crippen LogP contribution in [-0.4, -0.2) is 88.4 Å². The molecule has 2 aromatic heterocycles. The number of oxazole rings is 2. The van der Waals surface area contributed by atoms with Gasteiger partial charge in [0.25, 0.3) is 17.8 Å². The van der Waals surface area contributed by atoms with Gasteiger partial charge in [-0.15, -0.1) is 12.4 Å². The molecule has 0 aliphatic carbocycles. The minimum absolute atomic E-state index is 0. The lowest BCUT2D eigenvalue weighted by Gasteiger charge is -2.31. The molecule has 4 N–H and O–H groups in total. The molecule has 1 atom stereocenters. The van der Waals surface area contributed by atoms with E-state index in [-0.39, 0.29) is 59.4 Å². The summed E-state index contributed by atoms with van der Waals surface area (Å²) >= 11 is 0. The van der Waals surface area contributed by atoms with Crippen LogP contribution >= 0.6 is 12.4 Å². The number of fused-ring (bicyclic) bond motifs is 2. The Kier molecular flexibility index (Phi) is 20.9. The number of ether oxygens (including phenoxy) is 3. The number of para-hydroxylation sites is 2. The maximum absolute atomic E-state index is 14.4. The molecule has 0 fully saturated rings. The first-order valence-electron chi connectivity index (χ1n) is 25.2. The summed E-state index contributed by atoms with van der Waals surface area (Å²) < 4.78 is 141. The number of ketones is 2. The molecular formula is C59H49ClF9N5O12. The first-order valence-corrected chi connectivity index (χ1v) is 25.2. The third kappa shape index (κ3) is 16.8. The van der Waals surface area contributed by atoms with Crippen molar-refractivity contribution in [1.29, 1.82) is 0 Å². The number of aryl methyl sites for hydroxylation is 1. The largest absolute Gasteiger partial charge is 0.460 e. The second-order valence-electron chi connectivity index (χ2n) is 19.0. The van der Waals surface area contributed by atoms with Crippen LogP contribution in [-0.2, 0) is 25.3 Å². The normalized spacial score (nSPS) is 13.7. The fraction of sp³-hybridized carbons (Fsp3) is 0.220. The van der Waals surface area contributed by atoms with Gasteiger partial charge >= 0.3 is 23.7 Å². The van der Waals surface area contributed by atoms with E-state index in [9.17, 15) is 73.1 Å². The summed E-state index contributed by atoms with van der Waals surface area (Å²) in [6, 6.07) is 26.9. The molecule has 0 saturated carbocycles. The van der Waals surface area contributed by atoms with Crippen LogP contribution in [0.5, 0.6) is 23.0 Å². The number of aldehydes is 1. The fourth-order valence-corrected chi connectivity index (χ4v) is 8.50. The number of aromatic nitrogens is 2. The average Bonchev–Trinajstić information content (AvgIpc) is 1.61. The Hall–Kier alpha value is -9.56. The number of nitrogens with one attached hydrogen (secondary N) is 2. The summed E-state index contributed by atoms with van der Waals surface area (Å²) in [6.07, 6.45) is -4.92. The highest BCUT2D eigenvalue weighted by Crippen LogP contribution is 2.46. The molecule has 0 radical (unpaired) electrons. The van der Waals surface area contributed by atoms with E-state index in [0.29, 0.717) is 56.8 Å². The molecule has 6 aromatic carbocycles. The van der Waals surface area contributed by atoms with Crippen molar-refractivity contribution in [1.82, 2.24) is 14.9 Å². The van der Waals surface area contributed by atoms with E-state index in [2.05, 4.69) is 25.4 Å². The van der Waals surface area contributed by atoms with Crippen LogP contribution < -0.4 is 26.7 Å². The molecule has 2 aliphatic heterocycles. The minimum atomic E-state index is -4.58. The molecule has 17 nitrogen and oxygen atoms in total. The van der Waals surface area contributed by atoms with Crippen molar-refractivity contribution in [3.8, 4) is 23.0 Å². The lowest BCUT2D eigenvalue weighted by atomic mass is 9.90. The van der Waals surface area contributed by atoms with Gasteiger partial charge in [0.1, 0.15) is 40.9 Å². The van der Waals surface area contributed by atoms with Gasteiger partial charge in [0.05, 0.1) is 66.6 Å². The monoisotopic (exact) mass is 1230 g/mol. The van der Waals surface area contributed by atoms with Crippen LogP contribution in [0.25, 0.3) is 22.2 Å². The second kappa shape index (κ2) is 27.4. The molecule has 0 spiro atoms. The number of amides is 1. The van der Waals surface area contributed by atoms with Gasteiger partial charge in [0.15, 0.2) is 16.9 Å². The van der Waals surface area contributed by atoms with E-state index in [1.54, 1.807) is 49.4 Å². The molecule has 0 saturated heterocycles. The van der Waals surface area contributed by atoms with Gasteiger partial charge in [-0.3, -0.25) is 34.1 Å². The van der Waals surface area contributed by atoms with Crippen molar-refractivity contribution >= 4 is 70.0 Å². The fourth-order valence-electron chi connectivity index (χ4n) is 8.50. The van der Waals surface area contributed by atoms with E-state index >= 15 is 0 Å². The van der Waals surface area contributed by atoms with E-state index in [0.717, 1.165) is 48.6 Å². The number of nitrogens with zero attached hydrogens (tertiary/aromatic N) is 2. The van der Waals surface area contributed by atoms with E-state index in [1.807, 2.05) is 6.92 Å². The summed E-state index contributed by atoms with van der Waals surface area (Å²) in [5, 5.41) is 0. The van der Waals surface area contributed by atoms with Crippen LogP contribution in [0.3, 0.4) is 0 Å². The van der Waals surface area contributed by atoms with Gasteiger partial charge < -0.3 is 33.7 Å². The predicted octanol–water partition coefficient (Wildman–Crippen LogP) is 12.0. The van der Waals surface area contributed by atoms with Gasteiger partial charge in [-0.2, -0.15) is 13.2 Å². The van der Waals surface area contributed by atoms with Crippen LogP contribution in [0, 0.1) is 18.6 Å². The molecule has 27 heteroatoms. The highest BCUT2D eigenvalue weighted by Gasteiger charge is 2.47. The van der Waals surface area contributed by atoms with Gasteiger partial charge in [-0.1, -0.05) is 18.2 Å². The number of alkyl halides is 7. The number of halogens is 10. The SMILES string of the molecule is CC(F)(F)CN.CCOC(=O)C(=O)CC(=O)c1cccc2[nH]c(=O)oc12.Cc1cc(Oc2ccc(F)cc2)cc(C2C3=C(CN=C3c3cccc4[nH]c(=O)oc34)C(=O)N2CC(C)(F)F)c1.Cl.O=Cc1cc(Oc2ccc(F)cc2)cc(C(F)(F)F)c1. The second-order valence-corrected chi connectivity index (χ2v) is 19.0. The zero-order valence-electron chi connectivity index (χ0n) is 45.4.